The van der Waals surface area contributed by atoms with Crippen LogP contribution in [0.3, 0.4) is 0 Å². The van der Waals surface area contributed by atoms with Crippen molar-refractivity contribution in [3.05, 3.63) is 50.9 Å². The molecule has 4 rings (SSSR count). The number of carbonyl (C=O) groups excluding carboxylic acids is 1. The maximum absolute atomic E-state index is 13.0. The van der Waals surface area contributed by atoms with Gasteiger partial charge in [0.1, 0.15) is 5.01 Å². The molecule has 1 N–H and O–H groups in total. The van der Waals surface area contributed by atoms with Crippen LogP contribution in [0, 0.1) is 6.92 Å². The highest BCUT2D eigenvalue weighted by atomic mass is 35.5. The molecule has 2 aromatic carbocycles. The third-order valence-electron chi connectivity index (χ3n) is 4.32. The minimum atomic E-state index is -0.997. The van der Waals surface area contributed by atoms with Crippen LogP contribution >= 0.6 is 46.3 Å². The molecule has 144 valence electrons. The quantitative estimate of drug-likeness (QED) is 0.573. The zero-order valence-corrected chi connectivity index (χ0v) is 17.8. The second-order valence-corrected chi connectivity index (χ2v) is 9.62. The third-order valence-corrected chi connectivity index (χ3v) is 7.29. The Morgan fingerprint density at radius 1 is 1.29 bits per heavy atom. The Bertz CT molecular complexity index is 1120. The molecule has 28 heavy (non-hydrogen) atoms. The topological polar surface area (TPSA) is 70.5 Å². The van der Waals surface area contributed by atoms with Gasteiger partial charge in [0.25, 0.3) is 0 Å². The van der Waals surface area contributed by atoms with E-state index in [1.807, 2.05) is 25.1 Å². The standard InChI is InChI=1S/C19H14Cl2N2O3S2/c1-9-2-3-14-13(4-9)23(19(26)15(27-14)7-17(24)25)8-16-22-12-6-10(20)5-11(21)18(12)28-16/h2-6,15H,7-8H2,1H3,(H,24,25). The first-order chi connectivity index (χ1) is 13.3. The fourth-order valence-corrected chi connectivity index (χ4v) is 5.83. The van der Waals surface area contributed by atoms with Crippen LogP contribution in [0.15, 0.2) is 35.2 Å². The molecule has 2 heterocycles. The number of aliphatic carboxylic acids is 1. The van der Waals surface area contributed by atoms with Gasteiger partial charge in [-0.25, -0.2) is 4.98 Å². The van der Waals surface area contributed by atoms with Gasteiger partial charge >= 0.3 is 5.97 Å². The van der Waals surface area contributed by atoms with Gasteiger partial charge < -0.3 is 10.0 Å². The Labute approximate surface area is 179 Å². The van der Waals surface area contributed by atoms with Crippen molar-refractivity contribution in [2.75, 3.05) is 4.90 Å². The first-order valence-corrected chi connectivity index (χ1v) is 10.8. The van der Waals surface area contributed by atoms with E-state index in [1.165, 1.54) is 23.1 Å². The van der Waals surface area contributed by atoms with Crippen molar-refractivity contribution < 1.29 is 14.7 Å². The monoisotopic (exact) mass is 452 g/mol. The molecule has 1 aromatic heterocycles. The average Bonchev–Trinajstić information content (AvgIpc) is 3.01. The summed E-state index contributed by atoms with van der Waals surface area (Å²) in [7, 11) is 0. The lowest BCUT2D eigenvalue weighted by Gasteiger charge is -2.33. The molecule has 1 unspecified atom stereocenters. The van der Waals surface area contributed by atoms with E-state index in [9.17, 15) is 14.7 Å². The van der Waals surface area contributed by atoms with Crippen molar-refractivity contribution >= 4 is 74.1 Å². The second-order valence-electron chi connectivity index (χ2n) is 6.44. The Kier molecular flexibility index (Phi) is 5.26. The highest BCUT2D eigenvalue weighted by molar-refractivity contribution is 8.01. The number of aryl methyl sites for hydroxylation is 1. The van der Waals surface area contributed by atoms with E-state index in [1.54, 1.807) is 17.0 Å². The molecular formula is C19H14Cl2N2O3S2. The lowest BCUT2D eigenvalue weighted by atomic mass is 10.1. The molecule has 0 bridgehead atoms. The number of thioether (sulfide) groups is 1. The zero-order valence-electron chi connectivity index (χ0n) is 14.6. The van der Waals surface area contributed by atoms with Crippen molar-refractivity contribution in [3.63, 3.8) is 0 Å². The summed E-state index contributed by atoms with van der Waals surface area (Å²) < 4.78 is 0.812. The number of carboxylic acids is 1. The van der Waals surface area contributed by atoms with Gasteiger partial charge in [0.05, 0.1) is 39.1 Å². The summed E-state index contributed by atoms with van der Waals surface area (Å²) in [6.07, 6.45) is -0.228. The molecule has 0 fully saturated rings. The fourth-order valence-electron chi connectivity index (χ4n) is 3.09. The molecule has 0 saturated heterocycles. The van der Waals surface area contributed by atoms with Crippen molar-refractivity contribution in [2.45, 2.75) is 30.0 Å². The molecular weight excluding hydrogens is 439 g/mol. The molecule has 1 aliphatic heterocycles. The molecule has 0 aliphatic carbocycles. The molecule has 9 heteroatoms. The number of fused-ring (bicyclic) bond motifs is 2. The van der Waals surface area contributed by atoms with Crippen LogP contribution in [-0.2, 0) is 16.1 Å². The van der Waals surface area contributed by atoms with Gasteiger partial charge in [-0.15, -0.1) is 23.1 Å². The van der Waals surface area contributed by atoms with Gasteiger partial charge in [0.15, 0.2) is 0 Å². The number of hydrogen-bond donors (Lipinski definition) is 1. The minimum Gasteiger partial charge on any atom is -0.481 e. The molecule has 1 aliphatic rings. The number of benzene rings is 2. The highest BCUT2D eigenvalue weighted by Crippen LogP contribution is 2.42. The SMILES string of the molecule is Cc1ccc2c(c1)N(Cc1nc3cc(Cl)cc(Cl)c3s1)C(=O)C(CC(=O)O)S2. The molecule has 1 atom stereocenters. The zero-order chi connectivity index (χ0) is 20.0. The van der Waals surface area contributed by atoms with E-state index in [0.717, 1.165) is 20.8 Å². The molecule has 5 nitrogen and oxygen atoms in total. The van der Waals surface area contributed by atoms with Gasteiger partial charge in [0, 0.05) is 9.92 Å². The molecule has 0 saturated carbocycles. The number of rotatable bonds is 4. The van der Waals surface area contributed by atoms with Crippen LogP contribution in [0.4, 0.5) is 5.69 Å². The van der Waals surface area contributed by atoms with Gasteiger partial charge in [-0.3, -0.25) is 9.59 Å². The first-order valence-electron chi connectivity index (χ1n) is 8.37. The lowest BCUT2D eigenvalue weighted by molar-refractivity contribution is -0.138. The summed E-state index contributed by atoms with van der Waals surface area (Å²) in [6.45, 7) is 2.20. The van der Waals surface area contributed by atoms with Crippen LogP contribution < -0.4 is 4.90 Å². The van der Waals surface area contributed by atoms with E-state index >= 15 is 0 Å². The van der Waals surface area contributed by atoms with Crippen LogP contribution in [0.2, 0.25) is 10.0 Å². The van der Waals surface area contributed by atoms with Gasteiger partial charge in [-0.1, -0.05) is 29.3 Å². The van der Waals surface area contributed by atoms with Crippen LogP contribution in [0.25, 0.3) is 10.2 Å². The van der Waals surface area contributed by atoms with Crippen LogP contribution in [0.5, 0.6) is 0 Å². The predicted molar refractivity (Wildman–Crippen MR) is 114 cm³/mol. The number of nitrogens with zero attached hydrogens (tertiary/aromatic N) is 2. The summed E-state index contributed by atoms with van der Waals surface area (Å²) in [5.41, 5.74) is 2.48. The van der Waals surface area contributed by atoms with Gasteiger partial charge in [-0.05, 0) is 36.8 Å². The minimum absolute atomic E-state index is 0.228. The van der Waals surface area contributed by atoms with E-state index in [4.69, 9.17) is 23.2 Å². The molecule has 0 radical (unpaired) electrons. The molecule has 3 aromatic rings. The van der Waals surface area contributed by atoms with Crippen molar-refractivity contribution in [1.82, 2.24) is 4.98 Å². The number of thiazole rings is 1. The van der Waals surface area contributed by atoms with Crippen LogP contribution in [-0.4, -0.2) is 27.2 Å². The second kappa shape index (κ2) is 7.55. The Morgan fingerprint density at radius 3 is 2.82 bits per heavy atom. The van der Waals surface area contributed by atoms with Crippen molar-refractivity contribution in [2.24, 2.45) is 0 Å². The van der Waals surface area contributed by atoms with Crippen molar-refractivity contribution in [1.29, 1.82) is 0 Å². The first kappa shape index (κ1) is 19.5. The number of anilines is 1. The lowest BCUT2D eigenvalue weighted by Crippen LogP contribution is -2.41. The summed E-state index contributed by atoms with van der Waals surface area (Å²) in [6, 6.07) is 9.23. The smallest absolute Gasteiger partial charge is 0.305 e. The summed E-state index contributed by atoms with van der Waals surface area (Å²) in [4.78, 5) is 31.3. The molecule has 1 amide bonds. The Morgan fingerprint density at radius 2 is 2.07 bits per heavy atom. The van der Waals surface area contributed by atoms with Gasteiger partial charge in [0.2, 0.25) is 5.91 Å². The number of carbonyl (C=O) groups is 2. The normalized spacial score (nSPS) is 16.5. The Balaban J connectivity index is 1.74. The van der Waals surface area contributed by atoms with E-state index in [2.05, 4.69) is 4.98 Å². The van der Waals surface area contributed by atoms with Crippen LogP contribution in [0.1, 0.15) is 17.0 Å². The summed E-state index contributed by atoms with van der Waals surface area (Å²) in [5, 5.41) is 10.2. The largest absolute Gasteiger partial charge is 0.481 e. The predicted octanol–water partition coefficient (Wildman–Crippen LogP) is 5.39. The van der Waals surface area contributed by atoms with E-state index < -0.39 is 11.2 Å². The Hall–Kier alpha value is -1.80. The number of halogens is 2. The number of hydrogen-bond acceptors (Lipinski definition) is 5. The summed E-state index contributed by atoms with van der Waals surface area (Å²) >= 11 is 15.0. The number of aromatic nitrogens is 1. The third kappa shape index (κ3) is 3.72. The maximum atomic E-state index is 13.0. The van der Waals surface area contributed by atoms with Gasteiger partial charge in [-0.2, -0.15) is 0 Å². The average molecular weight is 453 g/mol. The molecule has 0 spiro atoms. The number of carboxylic acid groups (broad SMARTS) is 1. The maximum Gasteiger partial charge on any atom is 0.305 e. The van der Waals surface area contributed by atoms with Crippen molar-refractivity contribution in [3.8, 4) is 0 Å². The summed E-state index contributed by atoms with van der Waals surface area (Å²) in [5.74, 6) is -1.23. The van der Waals surface area contributed by atoms with E-state index in [-0.39, 0.29) is 18.9 Å². The number of amides is 1. The highest BCUT2D eigenvalue weighted by Gasteiger charge is 2.35. The fraction of sp³-hybridized carbons (Fsp3) is 0.211. The van der Waals surface area contributed by atoms with E-state index in [0.29, 0.717) is 20.6 Å².